The van der Waals surface area contributed by atoms with Gasteiger partial charge in [0.25, 0.3) is 0 Å². The molecule has 3 rings (SSSR count). The van der Waals surface area contributed by atoms with Crippen LogP contribution in [0.3, 0.4) is 0 Å². The molecular weight excluding hydrogens is 341 g/mol. The van der Waals surface area contributed by atoms with Crippen LogP contribution in [0.5, 0.6) is 5.75 Å². The molecule has 0 saturated heterocycles. The van der Waals surface area contributed by atoms with Crippen LogP contribution in [0.4, 0.5) is 22.0 Å². The number of hydrogen-bond acceptors (Lipinski definition) is 2. The Hall–Kier alpha value is -2.44. The maximum absolute atomic E-state index is 13.5. The summed E-state index contributed by atoms with van der Waals surface area (Å²) >= 11 is 0. The van der Waals surface area contributed by atoms with E-state index in [0.717, 1.165) is 12.1 Å². The molecule has 1 aliphatic heterocycles. The minimum Gasteiger partial charge on any atom is -0.490 e. The Morgan fingerprint density at radius 2 is 1.92 bits per heavy atom. The lowest BCUT2D eigenvalue weighted by Crippen LogP contribution is -2.26. The van der Waals surface area contributed by atoms with E-state index in [1.54, 1.807) is 6.92 Å². The number of ether oxygens (including phenoxy) is 1. The summed E-state index contributed by atoms with van der Waals surface area (Å²) in [4.78, 5) is 4.02. The summed E-state index contributed by atoms with van der Waals surface area (Å²) in [5, 5.41) is 0. The van der Waals surface area contributed by atoms with Gasteiger partial charge in [-0.05, 0) is 37.3 Å². The fourth-order valence-electron chi connectivity index (χ4n) is 2.65. The summed E-state index contributed by atoms with van der Waals surface area (Å²) in [6, 6.07) is 6.26. The van der Waals surface area contributed by atoms with Crippen LogP contribution >= 0.6 is 0 Å². The van der Waals surface area contributed by atoms with Gasteiger partial charge in [-0.3, -0.25) is 0 Å². The molecule has 0 N–H and O–H groups in total. The Kier molecular flexibility index (Phi) is 4.05. The minimum absolute atomic E-state index is 0.0172. The SMILES string of the molecule is C=C(c1cc2c(c(-c3ccc(F)cc3)n1)OCC2(C)CF)C(F)(F)F. The zero-order valence-corrected chi connectivity index (χ0v) is 13.3. The molecule has 25 heavy (non-hydrogen) atoms. The molecule has 2 heterocycles. The third-order valence-corrected chi connectivity index (χ3v) is 4.22. The Labute approximate surface area is 141 Å². The molecular formula is C18H14F5NO. The van der Waals surface area contributed by atoms with Crippen LogP contribution in [-0.4, -0.2) is 24.4 Å². The summed E-state index contributed by atoms with van der Waals surface area (Å²) in [5.41, 5.74) is -1.84. The molecule has 1 unspecified atom stereocenters. The van der Waals surface area contributed by atoms with E-state index in [1.165, 1.54) is 18.2 Å². The number of rotatable bonds is 3. The van der Waals surface area contributed by atoms with Crippen LogP contribution in [0.25, 0.3) is 16.8 Å². The Morgan fingerprint density at radius 3 is 2.48 bits per heavy atom. The molecule has 1 aromatic heterocycles. The Morgan fingerprint density at radius 1 is 1.28 bits per heavy atom. The van der Waals surface area contributed by atoms with E-state index in [-0.39, 0.29) is 18.1 Å². The first-order valence-electron chi connectivity index (χ1n) is 7.42. The predicted octanol–water partition coefficient (Wildman–Crippen LogP) is 5.08. The molecule has 1 atom stereocenters. The molecule has 0 amide bonds. The van der Waals surface area contributed by atoms with Crippen molar-refractivity contribution in [2.75, 3.05) is 13.3 Å². The number of alkyl halides is 4. The molecule has 2 nitrogen and oxygen atoms in total. The van der Waals surface area contributed by atoms with E-state index in [2.05, 4.69) is 11.6 Å². The van der Waals surface area contributed by atoms with Crippen molar-refractivity contribution in [3.8, 4) is 17.0 Å². The van der Waals surface area contributed by atoms with Crippen molar-refractivity contribution in [3.63, 3.8) is 0 Å². The summed E-state index contributed by atoms with van der Waals surface area (Å²) in [7, 11) is 0. The van der Waals surface area contributed by atoms with E-state index >= 15 is 0 Å². The lowest BCUT2D eigenvalue weighted by atomic mass is 9.85. The molecule has 1 aromatic carbocycles. The third kappa shape index (κ3) is 2.99. The number of pyridine rings is 1. The molecule has 0 bridgehead atoms. The highest BCUT2D eigenvalue weighted by Gasteiger charge is 2.41. The van der Waals surface area contributed by atoms with E-state index < -0.39 is 35.4 Å². The summed E-state index contributed by atoms with van der Waals surface area (Å²) in [6.07, 6.45) is -4.67. The number of nitrogens with zero attached hydrogens (tertiary/aromatic N) is 1. The molecule has 132 valence electrons. The maximum atomic E-state index is 13.5. The lowest BCUT2D eigenvalue weighted by molar-refractivity contribution is -0.0688. The Balaban J connectivity index is 2.24. The molecule has 0 saturated carbocycles. The van der Waals surface area contributed by atoms with Gasteiger partial charge in [0.1, 0.15) is 30.5 Å². The number of aromatic nitrogens is 1. The average molecular weight is 355 g/mol. The van der Waals surface area contributed by atoms with Gasteiger partial charge in [-0.1, -0.05) is 6.58 Å². The smallest absolute Gasteiger partial charge is 0.417 e. The molecule has 2 aromatic rings. The van der Waals surface area contributed by atoms with Crippen LogP contribution in [0, 0.1) is 5.82 Å². The van der Waals surface area contributed by atoms with Crippen LogP contribution in [0.15, 0.2) is 36.9 Å². The predicted molar refractivity (Wildman–Crippen MR) is 83.5 cm³/mol. The van der Waals surface area contributed by atoms with Gasteiger partial charge >= 0.3 is 6.18 Å². The number of hydrogen-bond donors (Lipinski definition) is 0. The fourth-order valence-corrected chi connectivity index (χ4v) is 2.65. The first-order valence-corrected chi connectivity index (χ1v) is 7.42. The first-order chi connectivity index (χ1) is 11.7. The van der Waals surface area contributed by atoms with Crippen molar-refractivity contribution in [3.05, 3.63) is 54.0 Å². The zero-order valence-electron chi connectivity index (χ0n) is 13.3. The van der Waals surface area contributed by atoms with Gasteiger partial charge in [-0.25, -0.2) is 13.8 Å². The zero-order chi connectivity index (χ0) is 18.4. The lowest BCUT2D eigenvalue weighted by Gasteiger charge is -2.19. The minimum atomic E-state index is -4.67. The van der Waals surface area contributed by atoms with Crippen LogP contribution in [0.1, 0.15) is 18.2 Å². The highest BCUT2D eigenvalue weighted by molar-refractivity contribution is 5.75. The molecule has 7 heteroatoms. The van der Waals surface area contributed by atoms with E-state index in [1.807, 2.05) is 0 Å². The third-order valence-electron chi connectivity index (χ3n) is 4.22. The number of fused-ring (bicyclic) bond motifs is 1. The van der Waals surface area contributed by atoms with Crippen molar-refractivity contribution in [1.82, 2.24) is 4.98 Å². The van der Waals surface area contributed by atoms with Gasteiger partial charge in [-0.15, -0.1) is 0 Å². The highest BCUT2D eigenvalue weighted by Crippen LogP contribution is 2.46. The summed E-state index contributed by atoms with van der Waals surface area (Å²) < 4.78 is 71.4. The second kappa shape index (κ2) is 5.82. The summed E-state index contributed by atoms with van der Waals surface area (Å²) in [6.45, 7) is 3.81. The van der Waals surface area contributed by atoms with E-state index in [4.69, 9.17) is 4.74 Å². The molecule has 0 aliphatic carbocycles. The van der Waals surface area contributed by atoms with Crippen molar-refractivity contribution < 1.29 is 26.7 Å². The highest BCUT2D eigenvalue weighted by atomic mass is 19.4. The number of benzene rings is 1. The van der Waals surface area contributed by atoms with Crippen molar-refractivity contribution in [2.24, 2.45) is 0 Å². The largest absolute Gasteiger partial charge is 0.490 e. The van der Waals surface area contributed by atoms with Crippen LogP contribution < -0.4 is 4.74 Å². The van der Waals surface area contributed by atoms with Gasteiger partial charge in [0.05, 0.1) is 16.7 Å². The maximum Gasteiger partial charge on any atom is 0.417 e. The Bertz CT molecular complexity index is 829. The quantitative estimate of drug-likeness (QED) is 0.716. The number of halogens is 5. The second-order valence-corrected chi connectivity index (χ2v) is 6.20. The van der Waals surface area contributed by atoms with Crippen molar-refractivity contribution >= 4 is 5.57 Å². The molecule has 1 aliphatic rings. The van der Waals surface area contributed by atoms with Crippen LogP contribution in [0.2, 0.25) is 0 Å². The van der Waals surface area contributed by atoms with Gasteiger partial charge in [-0.2, -0.15) is 13.2 Å². The second-order valence-electron chi connectivity index (χ2n) is 6.20. The number of allylic oxidation sites excluding steroid dienone is 1. The molecule has 0 radical (unpaired) electrons. The van der Waals surface area contributed by atoms with E-state index in [0.29, 0.717) is 11.1 Å². The van der Waals surface area contributed by atoms with Crippen LogP contribution in [-0.2, 0) is 5.41 Å². The van der Waals surface area contributed by atoms with Crippen molar-refractivity contribution in [1.29, 1.82) is 0 Å². The standard InChI is InChI=1S/C18H14F5NO/c1-10(18(21,22)23)14-7-13-16(25-9-17(13,2)8-19)15(24-14)11-3-5-12(20)6-4-11/h3-7H,1,8-9H2,2H3. The normalized spacial score (nSPS) is 19.4. The molecule has 0 fully saturated rings. The fraction of sp³-hybridized carbons (Fsp3) is 0.278. The summed E-state index contributed by atoms with van der Waals surface area (Å²) in [5.74, 6) is -0.281. The van der Waals surface area contributed by atoms with Gasteiger partial charge in [0.2, 0.25) is 0 Å². The first kappa shape index (κ1) is 17.4. The molecule has 0 spiro atoms. The van der Waals surface area contributed by atoms with E-state index in [9.17, 15) is 22.0 Å². The monoisotopic (exact) mass is 355 g/mol. The average Bonchev–Trinajstić information content (AvgIpc) is 2.91. The van der Waals surface area contributed by atoms with Gasteiger partial charge in [0, 0.05) is 11.1 Å². The topological polar surface area (TPSA) is 22.1 Å². The van der Waals surface area contributed by atoms with Gasteiger partial charge < -0.3 is 4.74 Å². The van der Waals surface area contributed by atoms with Gasteiger partial charge in [0.15, 0.2) is 0 Å². The van der Waals surface area contributed by atoms with Crippen molar-refractivity contribution in [2.45, 2.75) is 18.5 Å².